The summed E-state index contributed by atoms with van der Waals surface area (Å²) in [6.07, 6.45) is -2.46. The number of alkyl halides is 2. The number of nitrogens with zero attached hydrogens (tertiary/aromatic N) is 1. The highest BCUT2D eigenvalue weighted by Crippen LogP contribution is 2.27. The Morgan fingerprint density at radius 3 is 2.47 bits per heavy atom. The number of halogens is 4. The summed E-state index contributed by atoms with van der Waals surface area (Å²) in [7, 11) is 0. The Morgan fingerprint density at radius 2 is 2.00 bits per heavy atom. The van der Waals surface area contributed by atoms with Gasteiger partial charge in [0.2, 0.25) is 0 Å². The molecule has 84 valence electrons. The molecule has 0 aliphatic heterocycles. The van der Waals surface area contributed by atoms with Crippen LogP contribution in [0.4, 0.5) is 14.5 Å². The standard InChI is InChI=1S/C9H10Cl2F2N2/c1-4-3-6(10)15-8(11)7(4)14-5(2)9(12)13/h3,5,9,14H,1-2H3. The van der Waals surface area contributed by atoms with Crippen molar-refractivity contribution >= 4 is 28.9 Å². The number of anilines is 1. The molecule has 0 saturated heterocycles. The van der Waals surface area contributed by atoms with E-state index in [2.05, 4.69) is 10.3 Å². The molecule has 0 fully saturated rings. The molecule has 0 bridgehead atoms. The molecule has 2 nitrogen and oxygen atoms in total. The molecule has 0 saturated carbocycles. The molecule has 1 unspecified atom stereocenters. The normalized spacial score (nSPS) is 13.0. The summed E-state index contributed by atoms with van der Waals surface area (Å²) in [5.41, 5.74) is 1.08. The first-order valence-electron chi connectivity index (χ1n) is 4.29. The second kappa shape index (κ2) is 4.94. The van der Waals surface area contributed by atoms with E-state index in [0.717, 1.165) is 0 Å². The van der Waals surface area contributed by atoms with Crippen molar-refractivity contribution in [2.24, 2.45) is 0 Å². The predicted molar refractivity (Wildman–Crippen MR) is 58.1 cm³/mol. The number of hydrogen-bond donors (Lipinski definition) is 1. The zero-order valence-electron chi connectivity index (χ0n) is 8.19. The Bertz CT molecular complexity index is 335. The van der Waals surface area contributed by atoms with E-state index in [9.17, 15) is 8.78 Å². The first-order valence-corrected chi connectivity index (χ1v) is 5.04. The van der Waals surface area contributed by atoms with Gasteiger partial charge in [-0.3, -0.25) is 0 Å². The van der Waals surface area contributed by atoms with E-state index in [1.54, 1.807) is 13.0 Å². The maximum atomic E-state index is 12.3. The van der Waals surface area contributed by atoms with Crippen molar-refractivity contribution < 1.29 is 8.78 Å². The van der Waals surface area contributed by atoms with Crippen molar-refractivity contribution in [3.63, 3.8) is 0 Å². The zero-order chi connectivity index (χ0) is 11.6. The third kappa shape index (κ3) is 3.18. The number of aryl methyl sites for hydroxylation is 1. The molecule has 1 N–H and O–H groups in total. The van der Waals surface area contributed by atoms with Crippen LogP contribution in [0.3, 0.4) is 0 Å². The van der Waals surface area contributed by atoms with Gasteiger partial charge in [-0.25, -0.2) is 13.8 Å². The van der Waals surface area contributed by atoms with Gasteiger partial charge in [-0.1, -0.05) is 23.2 Å². The van der Waals surface area contributed by atoms with Crippen molar-refractivity contribution in [3.05, 3.63) is 21.9 Å². The summed E-state index contributed by atoms with van der Waals surface area (Å²) in [5.74, 6) is 0. The van der Waals surface area contributed by atoms with Gasteiger partial charge < -0.3 is 5.32 Å². The Labute approximate surface area is 96.6 Å². The van der Waals surface area contributed by atoms with Gasteiger partial charge in [0, 0.05) is 0 Å². The quantitative estimate of drug-likeness (QED) is 0.831. The van der Waals surface area contributed by atoms with Crippen LogP contribution in [0.5, 0.6) is 0 Å². The molecule has 6 heteroatoms. The number of aromatic nitrogens is 1. The van der Waals surface area contributed by atoms with Gasteiger partial charge in [0.25, 0.3) is 6.43 Å². The molecule has 1 aromatic rings. The SMILES string of the molecule is Cc1cc(Cl)nc(Cl)c1NC(C)C(F)F. The minimum absolute atomic E-state index is 0.104. The third-order valence-electron chi connectivity index (χ3n) is 1.89. The number of pyridine rings is 1. The molecule has 0 spiro atoms. The highest BCUT2D eigenvalue weighted by Gasteiger charge is 2.17. The second-order valence-electron chi connectivity index (χ2n) is 3.20. The zero-order valence-corrected chi connectivity index (χ0v) is 9.70. The van der Waals surface area contributed by atoms with Crippen molar-refractivity contribution in [3.8, 4) is 0 Å². The van der Waals surface area contributed by atoms with E-state index in [1.165, 1.54) is 6.92 Å². The number of nitrogens with one attached hydrogen (secondary N) is 1. The second-order valence-corrected chi connectivity index (χ2v) is 3.94. The van der Waals surface area contributed by atoms with E-state index in [4.69, 9.17) is 23.2 Å². The van der Waals surface area contributed by atoms with Gasteiger partial charge in [0.1, 0.15) is 5.15 Å². The molecule has 1 heterocycles. The van der Waals surface area contributed by atoms with E-state index in [0.29, 0.717) is 11.3 Å². The summed E-state index contributed by atoms with van der Waals surface area (Å²) < 4.78 is 24.6. The van der Waals surface area contributed by atoms with Crippen LogP contribution in [0, 0.1) is 6.92 Å². The molecule has 1 atom stereocenters. The van der Waals surface area contributed by atoms with Crippen LogP contribution in [0.1, 0.15) is 12.5 Å². The third-order valence-corrected chi connectivity index (χ3v) is 2.36. The fourth-order valence-electron chi connectivity index (χ4n) is 1.06. The monoisotopic (exact) mass is 254 g/mol. The van der Waals surface area contributed by atoms with E-state index in [1.807, 2.05) is 0 Å². The molecule has 0 aromatic carbocycles. The lowest BCUT2D eigenvalue weighted by Crippen LogP contribution is -2.24. The lowest BCUT2D eigenvalue weighted by Gasteiger charge is -2.16. The lowest BCUT2D eigenvalue weighted by molar-refractivity contribution is 0.130. The average Bonchev–Trinajstić information content (AvgIpc) is 2.10. The minimum atomic E-state index is -2.46. The summed E-state index contributed by atoms with van der Waals surface area (Å²) in [6, 6.07) is 0.581. The Morgan fingerprint density at radius 1 is 1.40 bits per heavy atom. The Hall–Kier alpha value is -0.610. The van der Waals surface area contributed by atoms with Crippen LogP contribution < -0.4 is 5.32 Å². The Balaban J connectivity index is 2.95. The van der Waals surface area contributed by atoms with Crippen LogP contribution in [0.2, 0.25) is 10.3 Å². The van der Waals surface area contributed by atoms with E-state index >= 15 is 0 Å². The Kier molecular flexibility index (Phi) is 4.11. The van der Waals surface area contributed by atoms with Crippen LogP contribution in [-0.4, -0.2) is 17.5 Å². The molecule has 0 radical (unpaired) electrons. The van der Waals surface area contributed by atoms with E-state index in [-0.39, 0.29) is 10.3 Å². The van der Waals surface area contributed by atoms with Crippen LogP contribution >= 0.6 is 23.2 Å². The maximum Gasteiger partial charge on any atom is 0.258 e. The smallest absolute Gasteiger partial charge is 0.258 e. The van der Waals surface area contributed by atoms with Crippen LogP contribution in [-0.2, 0) is 0 Å². The number of rotatable bonds is 3. The van der Waals surface area contributed by atoms with Gasteiger partial charge in [-0.05, 0) is 25.5 Å². The summed E-state index contributed by atoms with van der Waals surface area (Å²) >= 11 is 11.4. The fraction of sp³-hybridized carbons (Fsp3) is 0.444. The molecule has 0 amide bonds. The van der Waals surface area contributed by atoms with Crippen LogP contribution in [0.15, 0.2) is 6.07 Å². The predicted octanol–water partition coefficient (Wildman–Crippen LogP) is 3.76. The molecule has 15 heavy (non-hydrogen) atoms. The van der Waals surface area contributed by atoms with Gasteiger partial charge in [-0.2, -0.15) is 0 Å². The molecular weight excluding hydrogens is 245 g/mol. The molecule has 1 aromatic heterocycles. The largest absolute Gasteiger partial charge is 0.374 e. The van der Waals surface area contributed by atoms with Gasteiger partial charge in [0.05, 0.1) is 11.7 Å². The molecular formula is C9H10Cl2F2N2. The summed E-state index contributed by atoms with van der Waals surface area (Å²) in [5, 5.41) is 2.95. The van der Waals surface area contributed by atoms with Gasteiger partial charge in [-0.15, -0.1) is 0 Å². The van der Waals surface area contributed by atoms with Crippen molar-refractivity contribution in [1.29, 1.82) is 0 Å². The van der Waals surface area contributed by atoms with Crippen molar-refractivity contribution in [1.82, 2.24) is 4.98 Å². The summed E-state index contributed by atoms with van der Waals surface area (Å²) in [6.45, 7) is 3.09. The highest BCUT2D eigenvalue weighted by molar-refractivity contribution is 6.34. The molecule has 1 rings (SSSR count). The van der Waals surface area contributed by atoms with Gasteiger partial charge >= 0.3 is 0 Å². The topological polar surface area (TPSA) is 24.9 Å². The average molecular weight is 255 g/mol. The lowest BCUT2D eigenvalue weighted by atomic mass is 10.2. The molecule has 0 aliphatic rings. The maximum absolute atomic E-state index is 12.3. The van der Waals surface area contributed by atoms with Crippen molar-refractivity contribution in [2.45, 2.75) is 26.3 Å². The highest BCUT2D eigenvalue weighted by atomic mass is 35.5. The minimum Gasteiger partial charge on any atom is -0.374 e. The van der Waals surface area contributed by atoms with Gasteiger partial charge in [0.15, 0.2) is 5.15 Å². The van der Waals surface area contributed by atoms with Crippen molar-refractivity contribution in [2.75, 3.05) is 5.32 Å². The first kappa shape index (κ1) is 12.5. The number of hydrogen-bond acceptors (Lipinski definition) is 2. The van der Waals surface area contributed by atoms with E-state index < -0.39 is 12.5 Å². The first-order chi connectivity index (χ1) is 6.91. The summed E-state index contributed by atoms with van der Waals surface area (Å²) in [4.78, 5) is 3.77. The van der Waals surface area contributed by atoms with Crippen LogP contribution in [0.25, 0.3) is 0 Å². The fourth-order valence-corrected chi connectivity index (χ4v) is 1.65. The molecule has 0 aliphatic carbocycles.